The summed E-state index contributed by atoms with van der Waals surface area (Å²) >= 11 is 0. The Bertz CT molecular complexity index is 602. The molecule has 0 saturated carbocycles. The number of hydrogen-bond acceptors (Lipinski definition) is 3. The van der Waals surface area contributed by atoms with Gasteiger partial charge in [-0.25, -0.2) is 0 Å². The number of rotatable bonds is 4. The van der Waals surface area contributed by atoms with Crippen molar-refractivity contribution in [2.75, 3.05) is 19.4 Å². The average Bonchev–Trinajstić information content (AvgIpc) is 2.79. The number of nitrogens with two attached hydrogens (primary N) is 1. The second-order valence-corrected chi connectivity index (χ2v) is 5.18. The summed E-state index contributed by atoms with van der Waals surface area (Å²) in [5.74, 6) is -0.153. The summed E-state index contributed by atoms with van der Waals surface area (Å²) in [5, 5.41) is 3.77. The Morgan fingerprint density at radius 3 is 2.84 bits per heavy atom. The van der Waals surface area contributed by atoms with E-state index in [0.29, 0.717) is 17.9 Å². The van der Waals surface area contributed by atoms with Crippen LogP contribution in [-0.4, -0.2) is 30.1 Å². The molecule has 0 fully saturated rings. The number of anilines is 1. The molecule has 1 aromatic carbocycles. The highest BCUT2D eigenvalue weighted by Crippen LogP contribution is 2.18. The van der Waals surface area contributed by atoms with Crippen molar-refractivity contribution >= 4 is 22.5 Å². The first-order valence-electron chi connectivity index (χ1n) is 6.13. The molecule has 0 atom stereocenters. The molecule has 0 unspecified atom stereocenters. The summed E-state index contributed by atoms with van der Waals surface area (Å²) in [6, 6.07) is 7.29. The molecule has 0 radical (unpaired) electrons. The first kappa shape index (κ1) is 13.4. The van der Waals surface area contributed by atoms with Crippen molar-refractivity contribution in [1.82, 2.24) is 10.3 Å². The van der Waals surface area contributed by atoms with E-state index in [1.54, 1.807) is 19.2 Å². The first-order chi connectivity index (χ1) is 8.91. The van der Waals surface area contributed by atoms with Crippen molar-refractivity contribution in [3.63, 3.8) is 0 Å². The van der Waals surface area contributed by atoms with Crippen LogP contribution in [0, 0.1) is 0 Å². The molecule has 1 amide bonds. The summed E-state index contributed by atoms with van der Waals surface area (Å²) in [6.45, 7) is 4.28. The summed E-state index contributed by atoms with van der Waals surface area (Å²) in [6.07, 6.45) is 0. The van der Waals surface area contributed by atoms with E-state index >= 15 is 0 Å². The Morgan fingerprint density at radius 1 is 1.42 bits per heavy atom. The number of carbonyl (C=O) groups is 1. The third-order valence-electron chi connectivity index (χ3n) is 3.12. The average molecular weight is 261 g/mol. The van der Waals surface area contributed by atoms with Crippen molar-refractivity contribution in [1.29, 1.82) is 0 Å². The first-order valence-corrected chi connectivity index (χ1v) is 6.13. The molecule has 5 heteroatoms. The van der Waals surface area contributed by atoms with Gasteiger partial charge in [0, 0.05) is 30.2 Å². The number of aromatic amines is 1. The van der Waals surface area contributed by atoms with Gasteiger partial charge in [-0.1, -0.05) is 0 Å². The normalized spacial score (nSPS) is 11.7. The molecule has 0 saturated heterocycles. The monoisotopic (exact) mass is 261 g/mol. The van der Waals surface area contributed by atoms with Crippen LogP contribution in [-0.2, 0) is 4.74 Å². The number of nitrogens with one attached hydrogen (secondary N) is 2. The third kappa shape index (κ3) is 3.06. The lowest BCUT2D eigenvalue weighted by Gasteiger charge is -2.22. The van der Waals surface area contributed by atoms with Crippen LogP contribution in [0.2, 0.25) is 0 Å². The summed E-state index contributed by atoms with van der Waals surface area (Å²) in [7, 11) is 1.62. The number of aromatic nitrogens is 1. The van der Waals surface area contributed by atoms with E-state index in [0.717, 1.165) is 10.9 Å². The number of amides is 1. The highest BCUT2D eigenvalue weighted by molar-refractivity contribution is 5.98. The highest BCUT2D eigenvalue weighted by atomic mass is 16.5. The lowest BCUT2D eigenvalue weighted by atomic mass is 10.1. The van der Waals surface area contributed by atoms with Gasteiger partial charge in [0.1, 0.15) is 5.69 Å². The minimum Gasteiger partial charge on any atom is -0.399 e. The largest absolute Gasteiger partial charge is 0.399 e. The minimum absolute atomic E-state index is 0.153. The van der Waals surface area contributed by atoms with Gasteiger partial charge in [0.2, 0.25) is 0 Å². The third-order valence-corrected chi connectivity index (χ3v) is 3.12. The van der Waals surface area contributed by atoms with E-state index in [9.17, 15) is 4.79 Å². The van der Waals surface area contributed by atoms with Crippen LogP contribution in [0.1, 0.15) is 24.3 Å². The molecule has 2 aromatic rings. The summed E-state index contributed by atoms with van der Waals surface area (Å²) in [4.78, 5) is 15.1. The number of benzene rings is 1. The number of nitrogen functional groups attached to an aromatic ring is 1. The maximum absolute atomic E-state index is 12.0. The van der Waals surface area contributed by atoms with E-state index in [2.05, 4.69) is 10.3 Å². The molecule has 4 N–H and O–H groups in total. The number of methoxy groups -OCH3 is 1. The molecule has 102 valence electrons. The molecule has 2 rings (SSSR count). The van der Waals surface area contributed by atoms with Gasteiger partial charge < -0.3 is 20.8 Å². The van der Waals surface area contributed by atoms with Crippen LogP contribution < -0.4 is 11.1 Å². The Kier molecular flexibility index (Phi) is 3.48. The molecular weight excluding hydrogens is 242 g/mol. The fourth-order valence-corrected chi connectivity index (χ4v) is 1.73. The van der Waals surface area contributed by atoms with Crippen molar-refractivity contribution in [3.8, 4) is 0 Å². The Hall–Kier alpha value is -2.01. The van der Waals surface area contributed by atoms with Gasteiger partial charge in [-0.2, -0.15) is 0 Å². The standard InChI is InChI=1S/C14H19N3O2/c1-14(2,19-3)8-16-13(18)12-7-9-6-10(15)4-5-11(9)17-12/h4-7,17H,8,15H2,1-3H3,(H,16,18). The van der Waals surface area contributed by atoms with Crippen LogP contribution in [0.5, 0.6) is 0 Å². The Balaban J connectivity index is 2.13. The number of fused-ring (bicyclic) bond motifs is 1. The quantitative estimate of drug-likeness (QED) is 0.735. The SMILES string of the molecule is COC(C)(C)CNC(=O)c1cc2cc(N)ccc2[nH]1. The van der Waals surface area contributed by atoms with Gasteiger partial charge in [-0.3, -0.25) is 4.79 Å². The minimum atomic E-state index is -0.383. The van der Waals surface area contributed by atoms with Gasteiger partial charge in [-0.05, 0) is 38.1 Å². The van der Waals surface area contributed by atoms with Crippen molar-refractivity contribution in [3.05, 3.63) is 30.0 Å². The van der Waals surface area contributed by atoms with Gasteiger partial charge in [-0.15, -0.1) is 0 Å². The van der Waals surface area contributed by atoms with Gasteiger partial charge >= 0.3 is 0 Å². The molecule has 0 spiro atoms. The zero-order valence-corrected chi connectivity index (χ0v) is 11.4. The molecule has 1 aromatic heterocycles. The van der Waals surface area contributed by atoms with Crippen LogP contribution in [0.15, 0.2) is 24.3 Å². The van der Waals surface area contributed by atoms with E-state index < -0.39 is 0 Å². The summed E-state index contributed by atoms with van der Waals surface area (Å²) in [5.41, 5.74) is 7.42. The van der Waals surface area contributed by atoms with Crippen LogP contribution in [0.3, 0.4) is 0 Å². The van der Waals surface area contributed by atoms with E-state index in [-0.39, 0.29) is 11.5 Å². The molecule has 0 aliphatic heterocycles. The molecule has 19 heavy (non-hydrogen) atoms. The lowest BCUT2D eigenvalue weighted by Crippen LogP contribution is -2.39. The maximum Gasteiger partial charge on any atom is 0.267 e. The lowest BCUT2D eigenvalue weighted by molar-refractivity contribution is 0.0228. The molecule has 0 aliphatic rings. The van der Waals surface area contributed by atoms with Gasteiger partial charge in [0.25, 0.3) is 5.91 Å². The van der Waals surface area contributed by atoms with Gasteiger partial charge in [0.15, 0.2) is 0 Å². The number of hydrogen-bond donors (Lipinski definition) is 3. The number of H-pyrrole nitrogens is 1. The van der Waals surface area contributed by atoms with E-state index in [1.165, 1.54) is 0 Å². The predicted octanol–water partition coefficient (Wildman–Crippen LogP) is 1.90. The van der Waals surface area contributed by atoms with Crippen molar-refractivity contribution < 1.29 is 9.53 Å². The summed E-state index contributed by atoms with van der Waals surface area (Å²) < 4.78 is 5.26. The van der Waals surface area contributed by atoms with Gasteiger partial charge in [0.05, 0.1) is 5.60 Å². The second-order valence-electron chi connectivity index (χ2n) is 5.18. The molecule has 1 heterocycles. The van der Waals surface area contributed by atoms with Crippen molar-refractivity contribution in [2.45, 2.75) is 19.4 Å². The second kappa shape index (κ2) is 4.93. The molecule has 5 nitrogen and oxygen atoms in total. The van der Waals surface area contributed by atoms with E-state index in [1.807, 2.05) is 26.0 Å². The molecule has 0 bridgehead atoms. The Morgan fingerprint density at radius 2 is 2.16 bits per heavy atom. The van der Waals surface area contributed by atoms with Crippen LogP contribution >= 0.6 is 0 Å². The fraction of sp³-hybridized carbons (Fsp3) is 0.357. The van der Waals surface area contributed by atoms with E-state index in [4.69, 9.17) is 10.5 Å². The van der Waals surface area contributed by atoms with Crippen LogP contribution in [0.4, 0.5) is 5.69 Å². The Labute approximate surface area is 112 Å². The highest BCUT2D eigenvalue weighted by Gasteiger charge is 2.18. The smallest absolute Gasteiger partial charge is 0.267 e. The zero-order chi connectivity index (χ0) is 14.0. The number of carbonyl (C=O) groups excluding carboxylic acids is 1. The molecule has 0 aliphatic carbocycles. The zero-order valence-electron chi connectivity index (χ0n) is 11.4. The molecular formula is C14H19N3O2. The topological polar surface area (TPSA) is 80.1 Å². The fourth-order valence-electron chi connectivity index (χ4n) is 1.73. The van der Waals surface area contributed by atoms with Crippen LogP contribution in [0.25, 0.3) is 10.9 Å². The maximum atomic E-state index is 12.0. The number of ether oxygens (including phenoxy) is 1. The predicted molar refractivity (Wildman–Crippen MR) is 76.1 cm³/mol. The van der Waals surface area contributed by atoms with Crippen molar-refractivity contribution in [2.24, 2.45) is 0 Å².